The number of hydrogen-bond acceptors (Lipinski definition) is 2. The van der Waals surface area contributed by atoms with E-state index < -0.39 is 0 Å². The minimum absolute atomic E-state index is 0.264. The summed E-state index contributed by atoms with van der Waals surface area (Å²) in [5, 5.41) is 0. The molecule has 100 valence electrons. The van der Waals surface area contributed by atoms with Gasteiger partial charge in [-0.15, -0.1) is 0 Å². The number of nitrogens with two attached hydrogens (primary N) is 1. The van der Waals surface area contributed by atoms with Crippen LogP contribution in [0.4, 0.5) is 0 Å². The molecule has 2 unspecified atom stereocenters. The lowest BCUT2D eigenvalue weighted by atomic mass is 9.68. The molecule has 2 atom stereocenters. The van der Waals surface area contributed by atoms with Gasteiger partial charge in [-0.1, -0.05) is 32.0 Å². The first-order valence-electron chi connectivity index (χ1n) is 7.01. The maximum Gasteiger partial charge on any atom is 0.122 e. The Morgan fingerprint density at radius 3 is 2.78 bits per heavy atom. The van der Waals surface area contributed by atoms with Crippen LogP contribution in [0.2, 0.25) is 0 Å². The normalized spacial score (nSPS) is 26.9. The Bertz CT molecular complexity index is 400. The van der Waals surface area contributed by atoms with Crippen molar-refractivity contribution in [3.8, 4) is 5.75 Å². The Hall–Kier alpha value is -1.02. The Morgan fingerprint density at radius 1 is 1.33 bits per heavy atom. The summed E-state index contributed by atoms with van der Waals surface area (Å²) in [7, 11) is 0. The molecular formula is C16H25NO. The molecular weight excluding hydrogens is 222 g/mol. The van der Waals surface area contributed by atoms with Crippen molar-refractivity contribution in [1.29, 1.82) is 0 Å². The van der Waals surface area contributed by atoms with Crippen LogP contribution < -0.4 is 10.5 Å². The van der Waals surface area contributed by atoms with Crippen LogP contribution >= 0.6 is 0 Å². The molecule has 1 fully saturated rings. The first kappa shape index (κ1) is 13.4. The lowest BCUT2D eigenvalue weighted by Crippen LogP contribution is -2.37. The van der Waals surface area contributed by atoms with Gasteiger partial charge >= 0.3 is 0 Å². The average Bonchev–Trinajstić information content (AvgIpc) is 2.34. The first-order chi connectivity index (χ1) is 8.53. The molecule has 1 aliphatic carbocycles. The number of rotatable bonds is 3. The van der Waals surface area contributed by atoms with E-state index in [1.807, 2.05) is 13.0 Å². The van der Waals surface area contributed by atoms with Gasteiger partial charge in [0.1, 0.15) is 5.75 Å². The lowest BCUT2D eigenvalue weighted by molar-refractivity contribution is 0.195. The van der Waals surface area contributed by atoms with Crippen LogP contribution in [0.15, 0.2) is 24.3 Å². The van der Waals surface area contributed by atoms with Crippen molar-refractivity contribution in [1.82, 2.24) is 0 Å². The zero-order valence-electron chi connectivity index (χ0n) is 11.8. The van der Waals surface area contributed by atoms with E-state index >= 15 is 0 Å². The van der Waals surface area contributed by atoms with Crippen molar-refractivity contribution < 1.29 is 4.74 Å². The standard InChI is InChI=1S/C16H25NO/c1-4-18-15-8-6-5-7-12(15)13-11-16(2,3)10-9-14(13)17/h5-8,13-14H,4,9-11,17H2,1-3H3. The topological polar surface area (TPSA) is 35.2 Å². The summed E-state index contributed by atoms with van der Waals surface area (Å²) in [5.74, 6) is 1.44. The molecule has 1 aliphatic rings. The maximum atomic E-state index is 6.34. The second-order valence-electron chi connectivity index (χ2n) is 6.15. The third-order valence-electron chi connectivity index (χ3n) is 4.06. The summed E-state index contributed by atoms with van der Waals surface area (Å²) >= 11 is 0. The molecule has 2 rings (SSSR count). The molecule has 0 spiro atoms. The second-order valence-corrected chi connectivity index (χ2v) is 6.15. The highest BCUT2D eigenvalue weighted by Crippen LogP contribution is 2.44. The van der Waals surface area contributed by atoms with E-state index in [9.17, 15) is 0 Å². The van der Waals surface area contributed by atoms with E-state index in [2.05, 4.69) is 32.0 Å². The van der Waals surface area contributed by atoms with Gasteiger partial charge in [0.15, 0.2) is 0 Å². The van der Waals surface area contributed by atoms with Gasteiger partial charge in [-0.2, -0.15) is 0 Å². The van der Waals surface area contributed by atoms with Gasteiger partial charge in [0.2, 0.25) is 0 Å². The van der Waals surface area contributed by atoms with Crippen LogP contribution in [0.1, 0.15) is 51.5 Å². The second kappa shape index (κ2) is 5.31. The SMILES string of the molecule is CCOc1ccccc1C1CC(C)(C)CCC1N. The predicted molar refractivity (Wildman–Crippen MR) is 76.0 cm³/mol. The summed E-state index contributed by atoms with van der Waals surface area (Å²) in [4.78, 5) is 0. The highest BCUT2D eigenvalue weighted by molar-refractivity contribution is 5.37. The van der Waals surface area contributed by atoms with Gasteiger partial charge in [0.25, 0.3) is 0 Å². The van der Waals surface area contributed by atoms with Gasteiger partial charge in [0.05, 0.1) is 6.61 Å². The molecule has 1 aromatic rings. The summed E-state index contributed by atoms with van der Waals surface area (Å²) in [6, 6.07) is 8.63. The molecule has 2 heteroatoms. The fourth-order valence-corrected chi connectivity index (χ4v) is 3.02. The fourth-order valence-electron chi connectivity index (χ4n) is 3.02. The molecule has 0 aromatic heterocycles. The van der Waals surface area contributed by atoms with Crippen LogP contribution in [0.5, 0.6) is 5.75 Å². The van der Waals surface area contributed by atoms with E-state index in [1.165, 1.54) is 12.0 Å². The number of para-hydroxylation sites is 1. The highest BCUT2D eigenvalue weighted by atomic mass is 16.5. The molecule has 1 saturated carbocycles. The summed E-state index contributed by atoms with van der Waals surface area (Å²) in [5.41, 5.74) is 8.02. The third-order valence-corrected chi connectivity index (χ3v) is 4.06. The Balaban J connectivity index is 2.28. The lowest BCUT2D eigenvalue weighted by Gasteiger charge is -2.40. The minimum atomic E-state index is 0.264. The third kappa shape index (κ3) is 2.86. The molecule has 0 radical (unpaired) electrons. The molecule has 1 aromatic carbocycles. The van der Waals surface area contributed by atoms with Gasteiger partial charge in [-0.05, 0) is 43.2 Å². The maximum absolute atomic E-state index is 6.34. The molecule has 2 nitrogen and oxygen atoms in total. The molecule has 0 amide bonds. The van der Waals surface area contributed by atoms with Crippen LogP contribution in [-0.4, -0.2) is 12.6 Å². The summed E-state index contributed by atoms with van der Waals surface area (Å²) in [6.45, 7) is 7.42. The van der Waals surface area contributed by atoms with E-state index in [0.717, 1.165) is 18.6 Å². The van der Waals surface area contributed by atoms with Gasteiger partial charge in [-0.3, -0.25) is 0 Å². The van der Waals surface area contributed by atoms with Crippen molar-refractivity contribution in [3.63, 3.8) is 0 Å². The molecule has 0 aliphatic heterocycles. The predicted octanol–water partition coefficient (Wildman–Crippen LogP) is 3.71. The monoisotopic (exact) mass is 247 g/mol. The van der Waals surface area contributed by atoms with E-state index in [4.69, 9.17) is 10.5 Å². The van der Waals surface area contributed by atoms with E-state index in [-0.39, 0.29) is 6.04 Å². The average molecular weight is 247 g/mol. The van der Waals surface area contributed by atoms with Crippen molar-refractivity contribution in [2.75, 3.05) is 6.61 Å². The summed E-state index contributed by atoms with van der Waals surface area (Å²) < 4.78 is 5.75. The van der Waals surface area contributed by atoms with Crippen molar-refractivity contribution >= 4 is 0 Å². The Kier molecular flexibility index (Phi) is 3.96. The first-order valence-corrected chi connectivity index (χ1v) is 7.01. The van der Waals surface area contributed by atoms with E-state index in [1.54, 1.807) is 0 Å². The van der Waals surface area contributed by atoms with Crippen molar-refractivity contribution in [2.45, 2.75) is 52.0 Å². The molecule has 18 heavy (non-hydrogen) atoms. The Labute approximate surface area is 111 Å². The van der Waals surface area contributed by atoms with Gasteiger partial charge in [-0.25, -0.2) is 0 Å². The van der Waals surface area contributed by atoms with Crippen molar-refractivity contribution in [3.05, 3.63) is 29.8 Å². The fraction of sp³-hybridized carbons (Fsp3) is 0.625. The smallest absolute Gasteiger partial charge is 0.122 e. The number of ether oxygens (including phenoxy) is 1. The molecule has 0 saturated heterocycles. The van der Waals surface area contributed by atoms with E-state index in [0.29, 0.717) is 17.9 Å². The Morgan fingerprint density at radius 2 is 2.06 bits per heavy atom. The quantitative estimate of drug-likeness (QED) is 0.883. The number of hydrogen-bond donors (Lipinski definition) is 1. The zero-order valence-corrected chi connectivity index (χ0v) is 11.8. The molecule has 2 N–H and O–H groups in total. The molecule has 0 bridgehead atoms. The highest BCUT2D eigenvalue weighted by Gasteiger charge is 2.35. The van der Waals surface area contributed by atoms with Crippen LogP contribution in [0.3, 0.4) is 0 Å². The van der Waals surface area contributed by atoms with Crippen LogP contribution in [0, 0.1) is 5.41 Å². The summed E-state index contributed by atoms with van der Waals surface area (Å²) in [6.07, 6.45) is 3.48. The largest absolute Gasteiger partial charge is 0.494 e. The molecule has 0 heterocycles. The van der Waals surface area contributed by atoms with Crippen molar-refractivity contribution in [2.24, 2.45) is 11.1 Å². The van der Waals surface area contributed by atoms with Gasteiger partial charge < -0.3 is 10.5 Å². The zero-order chi connectivity index (χ0) is 13.2. The van der Waals surface area contributed by atoms with Gasteiger partial charge in [0, 0.05) is 12.0 Å². The van der Waals surface area contributed by atoms with Crippen LogP contribution in [-0.2, 0) is 0 Å². The number of benzene rings is 1. The van der Waals surface area contributed by atoms with Crippen LogP contribution in [0.25, 0.3) is 0 Å². The minimum Gasteiger partial charge on any atom is -0.494 e.